The Morgan fingerprint density at radius 1 is 0.447 bits per heavy atom. The number of esters is 4. The topological polar surface area (TPSA) is 104 Å². The van der Waals surface area contributed by atoms with Gasteiger partial charge in [0.1, 0.15) is 0 Å². The standard InChI is InChI=1S/C28H14O7S3/c29-25-21-11-5-17(13-23(21)27(31)34-25)36-15-1-7-19(8-2-15)38(33)20-9-3-16(4-10-20)37-18-6-12-22-24(14-18)28(32)35-26(22)30/h1-14H. The smallest absolute Gasteiger partial charge is 0.346 e. The second-order valence-electron chi connectivity index (χ2n) is 8.18. The summed E-state index contributed by atoms with van der Waals surface area (Å²) >= 11 is 2.83. The highest BCUT2D eigenvalue weighted by Gasteiger charge is 2.30. The maximum atomic E-state index is 13.1. The maximum Gasteiger partial charge on any atom is 0.346 e. The summed E-state index contributed by atoms with van der Waals surface area (Å²) in [7, 11) is -1.39. The van der Waals surface area contributed by atoms with Gasteiger partial charge in [0.05, 0.1) is 33.1 Å². The van der Waals surface area contributed by atoms with Crippen LogP contribution in [0.15, 0.2) is 114 Å². The van der Waals surface area contributed by atoms with Crippen molar-refractivity contribution in [2.24, 2.45) is 0 Å². The monoisotopic (exact) mass is 558 g/mol. The van der Waals surface area contributed by atoms with Crippen LogP contribution in [0.4, 0.5) is 0 Å². The summed E-state index contributed by atoms with van der Waals surface area (Å²) in [5, 5.41) is 0. The fraction of sp³-hybridized carbons (Fsp3) is 0. The maximum absolute atomic E-state index is 13.1. The lowest BCUT2D eigenvalue weighted by Gasteiger charge is -2.07. The Morgan fingerprint density at radius 3 is 1.18 bits per heavy atom. The molecule has 186 valence electrons. The molecule has 0 N–H and O–H groups in total. The van der Waals surface area contributed by atoms with Crippen LogP contribution in [0.1, 0.15) is 41.4 Å². The predicted octanol–water partition coefficient (Wildman–Crippen LogP) is 5.78. The molecule has 0 unspecified atom stereocenters. The van der Waals surface area contributed by atoms with E-state index in [1.165, 1.54) is 23.5 Å². The molecule has 6 rings (SSSR count). The first-order valence-electron chi connectivity index (χ1n) is 11.1. The van der Waals surface area contributed by atoms with Crippen molar-refractivity contribution in [3.05, 3.63) is 107 Å². The number of benzene rings is 4. The fourth-order valence-electron chi connectivity index (χ4n) is 3.93. The van der Waals surface area contributed by atoms with Crippen molar-refractivity contribution in [2.45, 2.75) is 29.4 Å². The molecule has 7 nitrogen and oxygen atoms in total. The first kappa shape index (κ1) is 24.4. The van der Waals surface area contributed by atoms with Crippen LogP contribution in [0.3, 0.4) is 0 Å². The molecule has 0 aromatic heterocycles. The van der Waals surface area contributed by atoms with E-state index < -0.39 is 34.7 Å². The lowest BCUT2D eigenvalue weighted by molar-refractivity contribution is 0.0425. The third-order valence-corrected chi connectivity index (χ3v) is 9.18. The second-order valence-corrected chi connectivity index (χ2v) is 12.0. The van der Waals surface area contributed by atoms with Gasteiger partial charge in [0.25, 0.3) is 0 Å². The molecule has 0 amide bonds. The second kappa shape index (κ2) is 9.71. The summed E-state index contributed by atoms with van der Waals surface area (Å²) in [4.78, 5) is 51.4. The number of rotatable bonds is 6. The van der Waals surface area contributed by atoms with Crippen LogP contribution >= 0.6 is 23.5 Å². The number of cyclic esters (lactones) is 4. The van der Waals surface area contributed by atoms with Crippen LogP contribution in [0.2, 0.25) is 0 Å². The van der Waals surface area contributed by atoms with Gasteiger partial charge in [-0.2, -0.15) is 0 Å². The van der Waals surface area contributed by atoms with Crippen LogP contribution in [-0.2, 0) is 20.3 Å². The Balaban J connectivity index is 1.12. The Labute approximate surface area is 227 Å². The predicted molar refractivity (Wildman–Crippen MR) is 138 cm³/mol. The first-order valence-corrected chi connectivity index (χ1v) is 13.9. The number of hydrogen-bond acceptors (Lipinski definition) is 9. The van der Waals surface area contributed by atoms with Gasteiger partial charge in [0.15, 0.2) is 0 Å². The van der Waals surface area contributed by atoms with Gasteiger partial charge in [-0.15, -0.1) is 0 Å². The normalized spacial score (nSPS) is 13.9. The minimum Gasteiger partial charge on any atom is -0.386 e. The lowest BCUT2D eigenvalue weighted by atomic mass is 10.1. The highest BCUT2D eigenvalue weighted by Crippen LogP contribution is 2.34. The average molecular weight is 559 g/mol. The number of fused-ring (bicyclic) bond motifs is 2. The molecular formula is C28H14O7S3. The van der Waals surface area contributed by atoms with Crippen LogP contribution in [0, 0.1) is 0 Å². The summed E-state index contributed by atoms with van der Waals surface area (Å²) < 4.78 is 22.4. The van der Waals surface area contributed by atoms with E-state index in [0.29, 0.717) is 9.79 Å². The molecule has 0 radical (unpaired) electrons. The number of carbonyl (C=O) groups is 4. The first-order chi connectivity index (χ1) is 18.4. The number of ether oxygens (including phenoxy) is 2. The van der Waals surface area contributed by atoms with Crippen LogP contribution in [-0.4, -0.2) is 28.1 Å². The molecule has 2 heterocycles. The molecular weight excluding hydrogens is 545 g/mol. The van der Waals surface area contributed by atoms with Gasteiger partial charge in [-0.25, -0.2) is 23.4 Å². The van der Waals surface area contributed by atoms with Crippen LogP contribution in [0.5, 0.6) is 0 Å². The molecule has 4 aromatic carbocycles. The molecule has 0 fully saturated rings. The van der Waals surface area contributed by atoms with Crippen molar-refractivity contribution in [1.29, 1.82) is 0 Å². The summed E-state index contributed by atoms with van der Waals surface area (Å²) in [5.41, 5.74) is 1.05. The van der Waals surface area contributed by atoms with E-state index >= 15 is 0 Å². The Kier molecular flexibility index (Phi) is 6.22. The summed E-state index contributed by atoms with van der Waals surface area (Å²) in [6, 6.07) is 24.5. The van der Waals surface area contributed by atoms with E-state index in [1.54, 1.807) is 60.7 Å². The van der Waals surface area contributed by atoms with Crippen molar-refractivity contribution in [3.8, 4) is 0 Å². The van der Waals surface area contributed by atoms with Crippen LogP contribution in [0.25, 0.3) is 0 Å². The molecule has 2 aliphatic rings. The third kappa shape index (κ3) is 4.58. The molecule has 2 aliphatic heterocycles. The van der Waals surface area contributed by atoms with Crippen LogP contribution < -0.4 is 0 Å². The molecule has 0 atom stereocenters. The Morgan fingerprint density at radius 2 is 0.789 bits per heavy atom. The average Bonchev–Trinajstić information content (AvgIpc) is 3.37. The highest BCUT2D eigenvalue weighted by molar-refractivity contribution is 7.99. The van der Waals surface area contributed by atoms with E-state index in [0.717, 1.165) is 19.6 Å². The minimum absolute atomic E-state index is 0.258. The molecule has 0 bridgehead atoms. The lowest BCUT2D eigenvalue weighted by Crippen LogP contribution is -1.96. The molecule has 4 aromatic rings. The van der Waals surface area contributed by atoms with E-state index in [9.17, 15) is 23.4 Å². The van der Waals surface area contributed by atoms with E-state index in [1.807, 2.05) is 24.3 Å². The molecule has 0 spiro atoms. The molecule has 0 aliphatic carbocycles. The van der Waals surface area contributed by atoms with E-state index in [2.05, 4.69) is 9.47 Å². The van der Waals surface area contributed by atoms with Crippen molar-refractivity contribution < 1.29 is 32.9 Å². The third-order valence-electron chi connectivity index (χ3n) is 5.78. The zero-order chi connectivity index (χ0) is 26.4. The molecule has 0 saturated heterocycles. The highest BCUT2D eigenvalue weighted by atomic mass is 32.2. The summed E-state index contributed by atoms with van der Waals surface area (Å²) in [6.07, 6.45) is 0. The van der Waals surface area contributed by atoms with Gasteiger partial charge in [0.2, 0.25) is 0 Å². The van der Waals surface area contributed by atoms with E-state index in [-0.39, 0.29) is 22.3 Å². The van der Waals surface area contributed by atoms with E-state index in [4.69, 9.17) is 0 Å². The van der Waals surface area contributed by atoms with Gasteiger partial charge in [-0.3, -0.25) is 0 Å². The molecule has 10 heteroatoms. The Bertz CT molecular complexity index is 1570. The summed E-state index contributed by atoms with van der Waals surface area (Å²) in [5.74, 6) is -2.55. The minimum atomic E-state index is -1.39. The Hall–Kier alpha value is -3.99. The van der Waals surface area contributed by atoms with Gasteiger partial charge < -0.3 is 9.47 Å². The van der Waals surface area contributed by atoms with Gasteiger partial charge >= 0.3 is 23.9 Å². The van der Waals surface area contributed by atoms with Gasteiger partial charge in [-0.1, -0.05) is 23.5 Å². The van der Waals surface area contributed by atoms with Gasteiger partial charge in [-0.05, 0) is 84.9 Å². The number of carbonyl (C=O) groups excluding carboxylic acids is 4. The van der Waals surface area contributed by atoms with Gasteiger partial charge in [0, 0.05) is 29.4 Å². The zero-order valence-corrected chi connectivity index (χ0v) is 21.6. The molecule has 0 saturated carbocycles. The van der Waals surface area contributed by atoms with Crippen molar-refractivity contribution >= 4 is 58.2 Å². The number of hydrogen-bond donors (Lipinski definition) is 0. The molecule has 38 heavy (non-hydrogen) atoms. The fourth-order valence-corrected chi connectivity index (χ4v) is 6.68. The van der Waals surface area contributed by atoms with Crippen molar-refractivity contribution in [1.82, 2.24) is 0 Å². The van der Waals surface area contributed by atoms with Crippen molar-refractivity contribution in [2.75, 3.05) is 0 Å². The largest absolute Gasteiger partial charge is 0.386 e. The summed E-state index contributed by atoms with van der Waals surface area (Å²) in [6.45, 7) is 0. The van der Waals surface area contributed by atoms with Crippen molar-refractivity contribution in [3.63, 3.8) is 0 Å². The zero-order valence-electron chi connectivity index (χ0n) is 19.2. The quantitative estimate of drug-likeness (QED) is 0.215. The SMILES string of the molecule is O=C1OC(=O)c2cc(Sc3ccc(S(=O)c4ccc(Sc5ccc6c(c5)C(=O)OC6=O)cc4)cc3)ccc21.